The van der Waals surface area contributed by atoms with Crippen molar-refractivity contribution in [3.8, 4) is 5.75 Å². The average Bonchev–Trinajstić information content (AvgIpc) is 3.11. The quantitative estimate of drug-likeness (QED) is 0.679. The van der Waals surface area contributed by atoms with Gasteiger partial charge < -0.3 is 15.0 Å². The number of ketones is 1. The molecule has 0 aliphatic carbocycles. The Hall–Kier alpha value is -3.20. The first-order valence-electron chi connectivity index (χ1n) is 9.43. The molecule has 0 unspecified atom stereocenters. The second kappa shape index (κ2) is 9.08. The number of benzene rings is 2. The SMILES string of the molecule is CC(=O)c1ccc(OCC(=O)Nc2ccc(S(=O)(=O)/N=C3/CCCN3C)cc2)cc1. The Kier molecular flexibility index (Phi) is 6.51. The van der Waals surface area contributed by atoms with E-state index >= 15 is 0 Å². The van der Waals surface area contributed by atoms with Gasteiger partial charge in [-0.2, -0.15) is 8.42 Å². The van der Waals surface area contributed by atoms with Crippen molar-refractivity contribution in [1.82, 2.24) is 4.90 Å². The fourth-order valence-corrected chi connectivity index (χ4v) is 4.04. The lowest BCUT2D eigenvalue weighted by molar-refractivity contribution is -0.118. The lowest BCUT2D eigenvalue weighted by atomic mass is 10.1. The van der Waals surface area contributed by atoms with Gasteiger partial charge in [-0.05, 0) is 61.9 Å². The van der Waals surface area contributed by atoms with Crippen LogP contribution in [0.3, 0.4) is 0 Å². The number of amidine groups is 1. The zero-order chi connectivity index (χ0) is 21.7. The number of hydrogen-bond acceptors (Lipinski definition) is 5. The molecule has 2 aromatic carbocycles. The summed E-state index contributed by atoms with van der Waals surface area (Å²) in [5, 5.41) is 2.64. The van der Waals surface area contributed by atoms with Crippen LogP contribution in [0.2, 0.25) is 0 Å². The molecule has 1 heterocycles. The number of carbonyl (C=O) groups is 2. The Morgan fingerprint density at radius 2 is 1.77 bits per heavy atom. The topological polar surface area (TPSA) is 105 Å². The molecule has 1 amide bonds. The van der Waals surface area contributed by atoms with Crippen molar-refractivity contribution >= 4 is 33.2 Å². The Morgan fingerprint density at radius 1 is 1.10 bits per heavy atom. The van der Waals surface area contributed by atoms with E-state index in [1.807, 2.05) is 11.9 Å². The van der Waals surface area contributed by atoms with E-state index in [9.17, 15) is 18.0 Å². The summed E-state index contributed by atoms with van der Waals surface area (Å²) in [4.78, 5) is 25.2. The van der Waals surface area contributed by atoms with Gasteiger partial charge in [0, 0.05) is 31.3 Å². The summed E-state index contributed by atoms with van der Waals surface area (Å²) < 4.78 is 34.2. The van der Waals surface area contributed by atoms with Crippen molar-refractivity contribution in [2.45, 2.75) is 24.7 Å². The summed E-state index contributed by atoms with van der Waals surface area (Å²) in [6, 6.07) is 12.3. The van der Waals surface area contributed by atoms with Crippen LogP contribution in [0.15, 0.2) is 57.8 Å². The van der Waals surface area contributed by atoms with Gasteiger partial charge in [-0.25, -0.2) is 0 Å². The number of sulfonamides is 1. The fourth-order valence-electron chi connectivity index (χ4n) is 2.94. The molecular weight excluding hydrogens is 406 g/mol. The van der Waals surface area contributed by atoms with Gasteiger partial charge in [0.25, 0.3) is 15.9 Å². The number of ether oxygens (including phenoxy) is 1. The fraction of sp³-hybridized carbons (Fsp3) is 0.286. The van der Waals surface area contributed by atoms with Gasteiger partial charge in [0.2, 0.25) is 0 Å². The first-order chi connectivity index (χ1) is 14.2. The molecule has 30 heavy (non-hydrogen) atoms. The summed E-state index contributed by atoms with van der Waals surface area (Å²) in [5.74, 6) is 0.578. The maximum Gasteiger partial charge on any atom is 0.283 e. The van der Waals surface area contributed by atoms with Crippen LogP contribution in [0.5, 0.6) is 5.75 Å². The summed E-state index contributed by atoms with van der Waals surface area (Å²) >= 11 is 0. The summed E-state index contributed by atoms with van der Waals surface area (Å²) in [6.45, 7) is 2.04. The molecule has 9 heteroatoms. The van der Waals surface area contributed by atoms with Gasteiger partial charge in [0.15, 0.2) is 12.4 Å². The third-order valence-electron chi connectivity index (χ3n) is 4.63. The minimum atomic E-state index is -3.79. The predicted molar refractivity (Wildman–Crippen MR) is 113 cm³/mol. The minimum absolute atomic E-state index is 0.0496. The van der Waals surface area contributed by atoms with E-state index in [1.54, 1.807) is 24.3 Å². The number of nitrogens with one attached hydrogen (secondary N) is 1. The zero-order valence-corrected chi connectivity index (χ0v) is 17.6. The maximum absolute atomic E-state index is 12.5. The van der Waals surface area contributed by atoms with Gasteiger partial charge in [-0.1, -0.05) is 0 Å². The number of anilines is 1. The molecule has 0 bridgehead atoms. The first kappa shape index (κ1) is 21.5. The van der Waals surface area contributed by atoms with E-state index in [2.05, 4.69) is 9.71 Å². The average molecular weight is 429 g/mol. The van der Waals surface area contributed by atoms with Gasteiger partial charge in [-0.3, -0.25) is 9.59 Å². The van der Waals surface area contributed by atoms with Gasteiger partial charge in [-0.15, -0.1) is 4.40 Å². The number of hydrogen-bond donors (Lipinski definition) is 1. The van der Waals surface area contributed by atoms with E-state index in [0.717, 1.165) is 13.0 Å². The highest BCUT2D eigenvalue weighted by molar-refractivity contribution is 7.90. The van der Waals surface area contributed by atoms with E-state index in [0.29, 0.717) is 29.3 Å². The van der Waals surface area contributed by atoms with E-state index in [-0.39, 0.29) is 17.3 Å². The van der Waals surface area contributed by atoms with Gasteiger partial charge in [0.05, 0.1) is 4.90 Å². The number of Topliss-reactive ketones (excluding diaryl/α,β-unsaturated/α-hetero) is 1. The van der Waals surface area contributed by atoms with E-state index in [4.69, 9.17) is 4.74 Å². The molecule has 0 spiro atoms. The van der Waals surface area contributed by atoms with Crippen molar-refractivity contribution in [3.63, 3.8) is 0 Å². The minimum Gasteiger partial charge on any atom is -0.484 e. The van der Waals surface area contributed by atoms with Crippen LogP contribution in [-0.2, 0) is 14.8 Å². The molecule has 158 valence electrons. The molecule has 0 radical (unpaired) electrons. The summed E-state index contributed by atoms with van der Waals surface area (Å²) in [7, 11) is -1.97. The van der Waals surface area contributed by atoms with Crippen LogP contribution < -0.4 is 10.1 Å². The third kappa shape index (κ3) is 5.44. The molecule has 1 N–H and O–H groups in total. The van der Waals surface area contributed by atoms with Crippen molar-refractivity contribution in [1.29, 1.82) is 0 Å². The summed E-state index contributed by atoms with van der Waals surface area (Å²) in [6.07, 6.45) is 1.53. The smallest absolute Gasteiger partial charge is 0.283 e. The molecular formula is C21H23N3O5S. The highest BCUT2D eigenvalue weighted by Crippen LogP contribution is 2.19. The largest absolute Gasteiger partial charge is 0.484 e. The number of carbonyl (C=O) groups excluding carboxylic acids is 2. The zero-order valence-electron chi connectivity index (χ0n) is 16.8. The van der Waals surface area contributed by atoms with E-state index in [1.165, 1.54) is 31.2 Å². The molecule has 0 aromatic heterocycles. The molecule has 1 aliphatic rings. The Morgan fingerprint density at radius 3 is 2.33 bits per heavy atom. The van der Waals surface area contributed by atoms with Crippen molar-refractivity contribution in [2.75, 3.05) is 25.5 Å². The molecule has 0 atom stereocenters. The Bertz CT molecular complexity index is 1060. The standard InChI is InChI=1S/C21H23N3O5S/c1-15(25)16-5-9-18(10-6-16)29-14-21(26)22-17-7-11-19(12-8-17)30(27,28)23-20-4-3-13-24(20)2/h5-12H,3-4,13-14H2,1-2H3,(H,22,26)/b23-20-. The highest BCUT2D eigenvalue weighted by Gasteiger charge is 2.20. The normalized spacial score (nSPS) is 15.3. The number of nitrogens with zero attached hydrogens (tertiary/aromatic N) is 2. The van der Waals surface area contributed by atoms with Crippen molar-refractivity contribution in [2.24, 2.45) is 4.40 Å². The van der Waals surface area contributed by atoms with Gasteiger partial charge >= 0.3 is 0 Å². The van der Waals surface area contributed by atoms with Crippen LogP contribution in [0.25, 0.3) is 0 Å². The third-order valence-corrected chi connectivity index (χ3v) is 5.95. The van der Waals surface area contributed by atoms with Crippen LogP contribution in [0.4, 0.5) is 5.69 Å². The molecule has 3 rings (SSSR count). The Balaban J connectivity index is 1.57. The Labute approximate surface area is 175 Å². The second-order valence-electron chi connectivity index (χ2n) is 6.95. The molecule has 2 aromatic rings. The number of likely N-dealkylation sites (tertiary alicyclic amines) is 1. The monoisotopic (exact) mass is 429 g/mol. The molecule has 0 saturated carbocycles. The van der Waals surface area contributed by atoms with E-state index < -0.39 is 15.9 Å². The highest BCUT2D eigenvalue weighted by atomic mass is 32.2. The number of amides is 1. The molecule has 8 nitrogen and oxygen atoms in total. The van der Waals surface area contributed by atoms with Crippen molar-refractivity contribution < 1.29 is 22.7 Å². The molecule has 1 fully saturated rings. The number of rotatable bonds is 7. The van der Waals surface area contributed by atoms with Gasteiger partial charge in [0.1, 0.15) is 11.6 Å². The second-order valence-corrected chi connectivity index (χ2v) is 8.55. The molecule has 1 aliphatic heterocycles. The van der Waals surface area contributed by atoms with Crippen LogP contribution in [0.1, 0.15) is 30.1 Å². The lowest BCUT2D eigenvalue weighted by Gasteiger charge is -2.11. The van der Waals surface area contributed by atoms with Crippen LogP contribution in [-0.4, -0.2) is 51.0 Å². The van der Waals surface area contributed by atoms with Crippen LogP contribution >= 0.6 is 0 Å². The van der Waals surface area contributed by atoms with Crippen LogP contribution in [0, 0.1) is 0 Å². The molecule has 1 saturated heterocycles. The maximum atomic E-state index is 12.5. The lowest BCUT2D eigenvalue weighted by Crippen LogP contribution is -2.20. The first-order valence-corrected chi connectivity index (χ1v) is 10.9. The predicted octanol–water partition coefficient (Wildman–Crippen LogP) is 2.72. The van der Waals surface area contributed by atoms with Crippen molar-refractivity contribution in [3.05, 3.63) is 54.1 Å². The summed E-state index contributed by atoms with van der Waals surface area (Å²) in [5.41, 5.74) is 1.01.